The van der Waals surface area contributed by atoms with Crippen molar-refractivity contribution in [3.8, 4) is 0 Å². The molecule has 0 aliphatic rings. The molecule has 0 aromatic carbocycles. The van der Waals surface area contributed by atoms with Gasteiger partial charge in [-0.1, -0.05) is 17.0 Å². The fourth-order valence-corrected chi connectivity index (χ4v) is 1.87. The molecule has 0 fully saturated rings. The van der Waals surface area contributed by atoms with E-state index in [4.69, 9.17) is 0 Å². The average molecular weight is 268 g/mol. The highest BCUT2D eigenvalue weighted by Gasteiger charge is 2.06. The summed E-state index contributed by atoms with van der Waals surface area (Å²) < 4.78 is 1.60. The Morgan fingerprint density at radius 1 is 1.50 bits per heavy atom. The molecule has 0 saturated heterocycles. The molecule has 1 heterocycles. The zero-order valence-corrected chi connectivity index (χ0v) is 11.5. The SMILES string of the molecule is CC(=O)NCCSC(=O)/C(C)=C/c1cnnn1C. The average Bonchev–Trinajstić information content (AvgIpc) is 2.70. The van der Waals surface area contributed by atoms with E-state index in [9.17, 15) is 9.59 Å². The molecule has 0 bridgehead atoms. The number of thioether (sulfide) groups is 1. The van der Waals surface area contributed by atoms with Gasteiger partial charge < -0.3 is 5.32 Å². The summed E-state index contributed by atoms with van der Waals surface area (Å²) in [6, 6.07) is 0. The van der Waals surface area contributed by atoms with Crippen LogP contribution in [0.25, 0.3) is 6.08 Å². The highest BCUT2D eigenvalue weighted by Crippen LogP contribution is 2.12. The number of carbonyl (C=O) groups is 2. The van der Waals surface area contributed by atoms with Gasteiger partial charge in [0.15, 0.2) is 0 Å². The summed E-state index contributed by atoms with van der Waals surface area (Å²) >= 11 is 1.18. The van der Waals surface area contributed by atoms with Gasteiger partial charge in [-0.2, -0.15) is 0 Å². The zero-order chi connectivity index (χ0) is 13.5. The van der Waals surface area contributed by atoms with Gasteiger partial charge in [-0.25, -0.2) is 4.68 Å². The smallest absolute Gasteiger partial charge is 0.216 e. The molecule has 1 aromatic rings. The van der Waals surface area contributed by atoms with E-state index in [1.807, 2.05) is 0 Å². The summed E-state index contributed by atoms with van der Waals surface area (Å²) in [4.78, 5) is 22.4. The maximum absolute atomic E-state index is 11.8. The van der Waals surface area contributed by atoms with Crippen molar-refractivity contribution < 1.29 is 9.59 Å². The molecule has 6 nitrogen and oxygen atoms in total. The highest BCUT2D eigenvalue weighted by atomic mass is 32.2. The molecule has 18 heavy (non-hydrogen) atoms. The van der Waals surface area contributed by atoms with Crippen molar-refractivity contribution in [1.82, 2.24) is 20.3 Å². The van der Waals surface area contributed by atoms with Gasteiger partial charge in [-0.15, -0.1) is 5.10 Å². The van der Waals surface area contributed by atoms with Gasteiger partial charge in [0.1, 0.15) is 0 Å². The van der Waals surface area contributed by atoms with E-state index >= 15 is 0 Å². The maximum atomic E-state index is 11.8. The van der Waals surface area contributed by atoms with E-state index in [1.54, 1.807) is 30.9 Å². The Kier molecular flexibility index (Phi) is 5.57. The molecule has 0 saturated carbocycles. The summed E-state index contributed by atoms with van der Waals surface area (Å²) in [7, 11) is 1.76. The number of carbonyl (C=O) groups excluding carboxylic acids is 2. The Morgan fingerprint density at radius 3 is 2.78 bits per heavy atom. The van der Waals surface area contributed by atoms with Crippen LogP contribution in [0.4, 0.5) is 0 Å². The van der Waals surface area contributed by atoms with Crippen LogP contribution in [0.15, 0.2) is 11.8 Å². The van der Waals surface area contributed by atoms with Crippen LogP contribution >= 0.6 is 11.8 Å². The van der Waals surface area contributed by atoms with Gasteiger partial charge in [-0.3, -0.25) is 9.59 Å². The maximum Gasteiger partial charge on any atom is 0.216 e. The second kappa shape index (κ2) is 6.95. The second-order valence-corrected chi connectivity index (χ2v) is 4.80. The van der Waals surface area contributed by atoms with E-state index in [-0.39, 0.29) is 11.0 Å². The first-order chi connectivity index (χ1) is 8.50. The third-order valence-corrected chi connectivity index (χ3v) is 3.14. The molecule has 0 radical (unpaired) electrons. The van der Waals surface area contributed by atoms with Crippen molar-refractivity contribution in [2.45, 2.75) is 13.8 Å². The van der Waals surface area contributed by atoms with Crippen LogP contribution in [0.2, 0.25) is 0 Å². The summed E-state index contributed by atoms with van der Waals surface area (Å²) in [6.07, 6.45) is 3.34. The molecule has 1 amide bonds. The lowest BCUT2D eigenvalue weighted by Gasteiger charge is -2.02. The van der Waals surface area contributed by atoms with Gasteiger partial charge in [0.25, 0.3) is 0 Å². The van der Waals surface area contributed by atoms with Crippen LogP contribution in [-0.4, -0.2) is 38.3 Å². The van der Waals surface area contributed by atoms with Crippen molar-refractivity contribution >= 4 is 28.9 Å². The summed E-state index contributed by atoms with van der Waals surface area (Å²) in [5, 5.41) is 10.1. The van der Waals surface area contributed by atoms with Crippen molar-refractivity contribution in [3.63, 3.8) is 0 Å². The molecule has 0 atom stereocenters. The minimum atomic E-state index is -0.0868. The Bertz CT molecular complexity index is 467. The molecule has 0 spiro atoms. The monoisotopic (exact) mass is 268 g/mol. The predicted octanol–water partition coefficient (Wildman–Crippen LogP) is 0.614. The number of nitrogens with one attached hydrogen (secondary N) is 1. The lowest BCUT2D eigenvalue weighted by Crippen LogP contribution is -2.22. The minimum absolute atomic E-state index is 0.0125. The van der Waals surface area contributed by atoms with Crippen molar-refractivity contribution in [3.05, 3.63) is 17.5 Å². The van der Waals surface area contributed by atoms with Crippen molar-refractivity contribution in [1.29, 1.82) is 0 Å². The molecule has 1 aromatic heterocycles. The first-order valence-electron chi connectivity index (χ1n) is 5.45. The molecule has 0 aliphatic heterocycles. The van der Waals surface area contributed by atoms with Gasteiger partial charge in [0.05, 0.1) is 11.9 Å². The lowest BCUT2D eigenvalue weighted by atomic mass is 10.3. The van der Waals surface area contributed by atoms with Crippen molar-refractivity contribution in [2.75, 3.05) is 12.3 Å². The quantitative estimate of drug-likeness (QED) is 0.625. The number of aryl methyl sites for hydroxylation is 1. The fraction of sp³-hybridized carbons (Fsp3) is 0.455. The number of nitrogens with zero attached hydrogens (tertiary/aromatic N) is 3. The van der Waals surface area contributed by atoms with Crippen LogP contribution in [0.5, 0.6) is 0 Å². The number of rotatable bonds is 5. The molecule has 0 unspecified atom stereocenters. The molecule has 7 heteroatoms. The van der Waals surface area contributed by atoms with Crippen LogP contribution < -0.4 is 5.32 Å². The van der Waals surface area contributed by atoms with Crippen LogP contribution in [0.3, 0.4) is 0 Å². The lowest BCUT2D eigenvalue weighted by molar-refractivity contribution is -0.118. The van der Waals surface area contributed by atoms with Gasteiger partial charge in [0.2, 0.25) is 11.0 Å². The highest BCUT2D eigenvalue weighted by molar-refractivity contribution is 8.14. The first-order valence-corrected chi connectivity index (χ1v) is 6.44. The number of hydrogen-bond acceptors (Lipinski definition) is 5. The van der Waals surface area contributed by atoms with Crippen LogP contribution in [-0.2, 0) is 16.6 Å². The second-order valence-electron chi connectivity index (χ2n) is 3.73. The van der Waals surface area contributed by atoms with E-state index in [2.05, 4.69) is 15.6 Å². The number of hydrogen-bond donors (Lipinski definition) is 1. The number of amides is 1. The Hall–Kier alpha value is -1.63. The third kappa shape index (κ3) is 4.70. The molecule has 1 rings (SSSR count). The van der Waals surface area contributed by atoms with Crippen molar-refractivity contribution in [2.24, 2.45) is 7.05 Å². The van der Waals surface area contributed by atoms with Crippen LogP contribution in [0, 0.1) is 0 Å². The third-order valence-electron chi connectivity index (χ3n) is 2.15. The standard InChI is InChI=1S/C11H16N4O2S/c1-8(6-10-7-13-14-15(10)3)11(17)18-5-4-12-9(2)16/h6-7H,4-5H2,1-3H3,(H,12,16)/b8-6+. The fourth-order valence-electron chi connectivity index (χ4n) is 1.19. The zero-order valence-electron chi connectivity index (χ0n) is 10.6. The Balaban J connectivity index is 2.44. The Labute approximate surface area is 110 Å². The summed E-state index contributed by atoms with van der Waals surface area (Å²) in [6.45, 7) is 3.69. The van der Waals surface area contributed by atoms with E-state index < -0.39 is 0 Å². The van der Waals surface area contributed by atoms with E-state index in [0.717, 1.165) is 5.69 Å². The summed E-state index contributed by atoms with van der Waals surface area (Å²) in [5.74, 6) is 0.476. The minimum Gasteiger partial charge on any atom is -0.356 e. The Morgan fingerprint density at radius 2 is 2.22 bits per heavy atom. The predicted molar refractivity (Wildman–Crippen MR) is 70.8 cm³/mol. The van der Waals surface area contributed by atoms with Gasteiger partial charge in [0, 0.05) is 31.8 Å². The molecular weight excluding hydrogens is 252 g/mol. The van der Waals surface area contributed by atoms with E-state index in [1.165, 1.54) is 18.7 Å². The molecule has 1 N–H and O–H groups in total. The molecule has 0 aliphatic carbocycles. The van der Waals surface area contributed by atoms with E-state index in [0.29, 0.717) is 17.9 Å². The van der Waals surface area contributed by atoms with Gasteiger partial charge in [-0.05, 0) is 13.0 Å². The normalized spacial score (nSPS) is 11.4. The van der Waals surface area contributed by atoms with Gasteiger partial charge >= 0.3 is 0 Å². The first kappa shape index (κ1) is 14.4. The number of aromatic nitrogens is 3. The molecular formula is C11H16N4O2S. The van der Waals surface area contributed by atoms with Crippen LogP contribution in [0.1, 0.15) is 19.5 Å². The molecule has 98 valence electrons. The largest absolute Gasteiger partial charge is 0.356 e. The summed E-state index contributed by atoms with van der Waals surface area (Å²) in [5.41, 5.74) is 1.41. The topological polar surface area (TPSA) is 76.9 Å².